The van der Waals surface area contributed by atoms with Gasteiger partial charge in [0.25, 0.3) is 5.91 Å². The number of hydrazone groups is 1. The SMILES string of the molecule is CC(C)[C@H](NC(=O)C(C)(F)F)[C@H](OC1=CC2C=NN(c3ccc(=O)n(C)c3)C2C=C1)c1ccccc1. The van der Waals surface area contributed by atoms with Crippen LogP contribution in [0.2, 0.25) is 0 Å². The zero-order chi connectivity index (χ0) is 26.0. The van der Waals surface area contributed by atoms with Crippen molar-refractivity contribution >= 4 is 17.8 Å². The average Bonchev–Trinajstić information content (AvgIpc) is 3.26. The lowest BCUT2D eigenvalue weighted by Crippen LogP contribution is -2.49. The predicted octanol–water partition coefficient (Wildman–Crippen LogP) is 4.18. The van der Waals surface area contributed by atoms with Gasteiger partial charge in [-0.15, -0.1) is 0 Å². The number of rotatable bonds is 8. The Hall–Kier alpha value is -3.75. The number of hydrogen-bond donors (Lipinski definition) is 1. The molecule has 0 saturated heterocycles. The fraction of sp³-hybridized carbons (Fsp3) is 0.370. The van der Waals surface area contributed by atoms with Gasteiger partial charge in [-0.25, -0.2) is 0 Å². The van der Waals surface area contributed by atoms with Crippen LogP contribution in [0.1, 0.15) is 32.4 Å². The van der Waals surface area contributed by atoms with E-state index in [9.17, 15) is 18.4 Å². The van der Waals surface area contributed by atoms with Gasteiger partial charge >= 0.3 is 5.92 Å². The fourth-order valence-electron chi connectivity index (χ4n) is 4.31. The molecule has 9 heteroatoms. The Bertz CT molecular complexity index is 1250. The fourth-order valence-corrected chi connectivity index (χ4v) is 4.31. The highest BCUT2D eigenvalue weighted by Gasteiger charge is 2.38. The Morgan fingerprint density at radius 3 is 2.53 bits per heavy atom. The third-order valence-corrected chi connectivity index (χ3v) is 6.32. The van der Waals surface area contributed by atoms with Gasteiger partial charge in [0.05, 0.1) is 17.8 Å². The smallest absolute Gasteiger partial charge is 0.321 e. The molecule has 36 heavy (non-hydrogen) atoms. The van der Waals surface area contributed by atoms with Crippen LogP contribution in [0.4, 0.5) is 14.5 Å². The standard InChI is InChI=1S/C27H30F2N4O3/c1-17(2)24(31-26(35)27(3,28)29)25(18-8-6-5-7-9-18)36-21-11-12-22-19(14-21)15-30-33(22)20-10-13-23(34)32(4)16-20/h5-17,19,22,24-25H,1-4H3,(H,31,35)/t19?,22?,24-,25+/m0/s1. The van der Waals surface area contributed by atoms with Gasteiger partial charge in [0, 0.05) is 38.4 Å². The number of nitrogens with one attached hydrogen (secondary N) is 1. The molecule has 0 saturated carbocycles. The van der Waals surface area contributed by atoms with E-state index < -0.39 is 24.0 Å². The molecule has 0 spiro atoms. The Balaban J connectivity index is 1.58. The van der Waals surface area contributed by atoms with Gasteiger partial charge in [0.1, 0.15) is 11.9 Å². The summed E-state index contributed by atoms with van der Waals surface area (Å²) in [7, 11) is 1.69. The number of allylic oxidation sites excluding steroid dienone is 1. The first-order valence-corrected chi connectivity index (χ1v) is 11.8. The predicted molar refractivity (Wildman–Crippen MR) is 135 cm³/mol. The summed E-state index contributed by atoms with van der Waals surface area (Å²) >= 11 is 0. The summed E-state index contributed by atoms with van der Waals surface area (Å²) in [5.41, 5.74) is 1.45. The van der Waals surface area contributed by atoms with Crippen LogP contribution in [0, 0.1) is 11.8 Å². The number of carbonyl (C=O) groups excluding carboxylic acids is 1. The lowest BCUT2D eigenvalue weighted by Gasteiger charge is -2.34. The maximum absolute atomic E-state index is 13.7. The number of ether oxygens (including phenoxy) is 1. The Morgan fingerprint density at radius 1 is 1.17 bits per heavy atom. The van der Waals surface area contributed by atoms with E-state index in [1.54, 1.807) is 25.5 Å². The third-order valence-electron chi connectivity index (χ3n) is 6.32. The summed E-state index contributed by atoms with van der Waals surface area (Å²) in [6.45, 7) is 4.29. The highest BCUT2D eigenvalue weighted by molar-refractivity contribution is 5.83. The van der Waals surface area contributed by atoms with E-state index in [0.717, 1.165) is 11.3 Å². The number of nitrogens with zero attached hydrogens (tertiary/aromatic N) is 3. The molecule has 1 N–H and O–H groups in total. The average molecular weight is 497 g/mol. The summed E-state index contributed by atoms with van der Waals surface area (Å²) in [5, 5.41) is 8.86. The van der Waals surface area contributed by atoms with E-state index >= 15 is 0 Å². The Kier molecular flexibility index (Phi) is 7.10. The minimum atomic E-state index is -3.50. The first kappa shape index (κ1) is 25.3. The van der Waals surface area contributed by atoms with Crippen LogP contribution in [0.25, 0.3) is 0 Å². The van der Waals surface area contributed by atoms with Crippen molar-refractivity contribution in [3.05, 3.63) is 88.6 Å². The van der Waals surface area contributed by atoms with Gasteiger partial charge in [-0.2, -0.15) is 13.9 Å². The molecule has 4 atom stereocenters. The molecule has 1 aromatic heterocycles. The van der Waals surface area contributed by atoms with Crippen LogP contribution in [0.5, 0.6) is 0 Å². The molecule has 7 nitrogen and oxygen atoms in total. The van der Waals surface area contributed by atoms with Gasteiger partial charge in [-0.1, -0.05) is 50.3 Å². The number of fused-ring (bicyclic) bond motifs is 1. The molecule has 2 unspecified atom stereocenters. The van der Waals surface area contributed by atoms with Gasteiger partial charge in [0.2, 0.25) is 5.56 Å². The summed E-state index contributed by atoms with van der Waals surface area (Å²) in [6, 6.07) is 11.7. The normalized spacial score (nSPS) is 20.6. The molecule has 2 aromatic rings. The minimum Gasteiger partial charge on any atom is -0.484 e. The molecular formula is C27H30F2N4O3. The van der Waals surface area contributed by atoms with Crippen LogP contribution in [0.3, 0.4) is 0 Å². The second-order valence-electron chi connectivity index (χ2n) is 9.52. The number of aryl methyl sites for hydroxylation is 1. The van der Waals surface area contributed by atoms with Crippen molar-refractivity contribution in [1.82, 2.24) is 9.88 Å². The van der Waals surface area contributed by atoms with Gasteiger partial charge in [-0.05, 0) is 29.7 Å². The second-order valence-corrected chi connectivity index (χ2v) is 9.52. The minimum absolute atomic E-state index is 0.0919. The van der Waals surface area contributed by atoms with Crippen molar-refractivity contribution in [2.45, 2.75) is 44.9 Å². The molecule has 1 aliphatic carbocycles. The molecule has 1 aliphatic heterocycles. The van der Waals surface area contributed by atoms with Crippen molar-refractivity contribution in [1.29, 1.82) is 0 Å². The van der Waals surface area contributed by atoms with Crippen LogP contribution in [0.15, 0.2) is 82.5 Å². The number of carbonyl (C=O) groups is 1. The van der Waals surface area contributed by atoms with E-state index in [0.29, 0.717) is 12.7 Å². The van der Waals surface area contributed by atoms with Crippen LogP contribution < -0.4 is 15.9 Å². The second kappa shape index (κ2) is 10.1. The number of hydrogen-bond acceptors (Lipinski definition) is 5. The summed E-state index contributed by atoms with van der Waals surface area (Å²) in [5.74, 6) is -4.56. The molecule has 190 valence electrons. The topological polar surface area (TPSA) is 75.9 Å². The van der Waals surface area contributed by atoms with Gasteiger partial charge in [-0.3, -0.25) is 14.6 Å². The highest BCUT2D eigenvalue weighted by Crippen LogP contribution is 2.34. The van der Waals surface area contributed by atoms with Crippen molar-refractivity contribution < 1.29 is 18.3 Å². The first-order chi connectivity index (χ1) is 17.0. The number of benzene rings is 1. The van der Waals surface area contributed by atoms with E-state index in [4.69, 9.17) is 4.74 Å². The number of alkyl halides is 2. The zero-order valence-corrected chi connectivity index (χ0v) is 20.6. The third kappa shape index (κ3) is 5.40. The van der Waals surface area contributed by atoms with Crippen LogP contribution in [-0.4, -0.2) is 34.7 Å². The zero-order valence-electron chi connectivity index (χ0n) is 20.6. The summed E-state index contributed by atoms with van der Waals surface area (Å²) < 4.78 is 35.3. The van der Waals surface area contributed by atoms with Crippen LogP contribution in [-0.2, 0) is 16.6 Å². The summed E-state index contributed by atoms with van der Waals surface area (Å²) in [4.78, 5) is 23.9. The van der Waals surface area contributed by atoms with E-state index in [1.165, 1.54) is 10.6 Å². The molecule has 1 amide bonds. The summed E-state index contributed by atoms with van der Waals surface area (Å²) in [6.07, 6.45) is 8.57. The lowest BCUT2D eigenvalue weighted by atomic mass is 9.92. The largest absolute Gasteiger partial charge is 0.484 e. The number of pyridine rings is 1. The number of anilines is 1. The number of amides is 1. The quantitative estimate of drug-likeness (QED) is 0.595. The van der Waals surface area contributed by atoms with Gasteiger partial charge < -0.3 is 14.6 Å². The molecule has 0 bridgehead atoms. The van der Waals surface area contributed by atoms with Crippen molar-refractivity contribution in [3.63, 3.8) is 0 Å². The molecular weight excluding hydrogens is 466 g/mol. The van der Waals surface area contributed by atoms with Crippen molar-refractivity contribution in [2.75, 3.05) is 5.01 Å². The number of halogens is 2. The molecule has 2 aliphatic rings. The molecule has 4 rings (SSSR count). The maximum atomic E-state index is 13.7. The molecule has 2 heterocycles. The number of aromatic nitrogens is 1. The monoisotopic (exact) mass is 496 g/mol. The van der Waals surface area contributed by atoms with Crippen LogP contribution >= 0.6 is 0 Å². The Morgan fingerprint density at radius 2 is 1.89 bits per heavy atom. The Labute approximate surface area is 208 Å². The molecule has 0 fully saturated rings. The van der Waals surface area contributed by atoms with Gasteiger partial charge in [0.15, 0.2) is 0 Å². The van der Waals surface area contributed by atoms with Crippen molar-refractivity contribution in [2.24, 2.45) is 24.0 Å². The molecule has 0 radical (unpaired) electrons. The van der Waals surface area contributed by atoms with E-state index in [2.05, 4.69) is 10.4 Å². The van der Waals surface area contributed by atoms with Crippen molar-refractivity contribution in [3.8, 4) is 0 Å². The first-order valence-electron chi connectivity index (χ1n) is 11.8. The van der Waals surface area contributed by atoms with E-state index in [1.807, 2.05) is 67.4 Å². The molecule has 1 aromatic carbocycles. The lowest BCUT2D eigenvalue weighted by molar-refractivity contribution is -0.145. The highest BCUT2D eigenvalue weighted by atomic mass is 19.3. The van der Waals surface area contributed by atoms with E-state index in [-0.39, 0.29) is 23.4 Å². The maximum Gasteiger partial charge on any atom is 0.321 e.